The van der Waals surface area contributed by atoms with Crippen molar-refractivity contribution in [3.63, 3.8) is 0 Å². The van der Waals surface area contributed by atoms with Crippen molar-refractivity contribution in [3.05, 3.63) is 29.8 Å². The fourth-order valence-corrected chi connectivity index (χ4v) is 2.59. The van der Waals surface area contributed by atoms with Gasteiger partial charge in [-0.05, 0) is 44.9 Å². The Labute approximate surface area is 141 Å². The van der Waals surface area contributed by atoms with E-state index in [9.17, 15) is 9.90 Å². The van der Waals surface area contributed by atoms with Crippen LogP contribution in [0.25, 0.3) is 0 Å². The van der Waals surface area contributed by atoms with E-state index in [0.29, 0.717) is 30.8 Å². The maximum absolute atomic E-state index is 12.0. The highest BCUT2D eigenvalue weighted by Gasteiger charge is 2.52. The molecule has 0 aliphatic carbocycles. The minimum atomic E-state index is -0.509. The largest absolute Gasteiger partial charge is 0.508 e. The summed E-state index contributed by atoms with van der Waals surface area (Å²) in [6, 6.07) is 6.73. The average Bonchev–Trinajstić information content (AvgIpc) is 2.86. The van der Waals surface area contributed by atoms with Crippen molar-refractivity contribution in [2.75, 3.05) is 13.1 Å². The molecule has 24 heavy (non-hydrogen) atoms. The van der Waals surface area contributed by atoms with Gasteiger partial charge in [0.2, 0.25) is 0 Å². The van der Waals surface area contributed by atoms with Crippen molar-refractivity contribution in [2.45, 2.75) is 38.4 Å². The molecule has 1 amide bonds. The molecule has 126 valence electrons. The number of hydrogen-bond acceptors (Lipinski definition) is 5. The normalized spacial score (nSPS) is 18.1. The van der Waals surface area contributed by atoms with Crippen LogP contribution in [0.5, 0.6) is 5.75 Å². The second-order valence-electron chi connectivity index (χ2n) is 7.13. The van der Waals surface area contributed by atoms with Crippen LogP contribution in [0.15, 0.2) is 29.4 Å². The summed E-state index contributed by atoms with van der Waals surface area (Å²) >= 11 is 0. The van der Waals surface area contributed by atoms with Crippen molar-refractivity contribution in [1.82, 2.24) is 4.90 Å². The summed E-state index contributed by atoms with van der Waals surface area (Å²) in [6.45, 7) is 6.41. The summed E-state index contributed by atoms with van der Waals surface area (Å²) in [7, 11) is 0. The number of oxime groups is 1. The van der Waals surface area contributed by atoms with Crippen molar-refractivity contribution >= 4 is 11.8 Å². The van der Waals surface area contributed by atoms with Gasteiger partial charge in [0.25, 0.3) is 0 Å². The molecule has 0 saturated carbocycles. The second kappa shape index (κ2) is 5.75. The molecule has 0 unspecified atom stereocenters. The molecule has 3 rings (SSSR count). The third-order valence-corrected chi connectivity index (χ3v) is 3.65. The highest BCUT2D eigenvalue weighted by Crippen LogP contribution is 2.34. The molecular formula is C18H20N2O4. The van der Waals surface area contributed by atoms with Crippen LogP contribution < -0.4 is 0 Å². The zero-order chi connectivity index (χ0) is 17.4. The number of hydrogen-bond donors (Lipinski definition) is 1. The molecule has 0 bridgehead atoms. The lowest BCUT2D eigenvalue weighted by Gasteiger charge is -2.45. The predicted molar refractivity (Wildman–Crippen MR) is 88.7 cm³/mol. The van der Waals surface area contributed by atoms with Crippen molar-refractivity contribution in [1.29, 1.82) is 0 Å². The van der Waals surface area contributed by atoms with Crippen LogP contribution >= 0.6 is 0 Å². The molecule has 1 spiro atoms. The number of likely N-dealkylation sites (tertiary alicyclic amines) is 1. The number of aromatic hydroxyl groups is 1. The van der Waals surface area contributed by atoms with Gasteiger partial charge in [-0.1, -0.05) is 17.1 Å². The maximum atomic E-state index is 12.0. The number of carbonyl (C=O) groups excluding carboxylic acids is 1. The van der Waals surface area contributed by atoms with E-state index in [4.69, 9.17) is 9.57 Å². The monoisotopic (exact) mass is 328 g/mol. The molecule has 6 heteroatoms. The highest BCUT2D eigenvalue weighted by atomic mass is 16.7. The van der Waals surface area contributed by atoms with Crippen LogP contribution in [0.2, 0.25) is 0 Å². The Balaban J connectivity index is 1.55. The average molecular weight is 328 g/mol. The number of carbonyl (C=O) groups is 1. The Kier molecular flexibility index (Phi) is 3.88. The third-order valence-electron chi connectivity index (χ3n) is 3.65. The second-order valence-corrected chi connectivity index (χ2v) is 7.13. The van der Waals surface area contributed by atoms with E-state index >= 15 is 0 Å². The van der Waals surface area contributed by atoms with E-state index in [0.717, 1.165) is 0 Å². The fourth-order valence-electron chi connectivity index (χ4n) is 2.59. The van der Waals surface area contributed by atoms with Gasteiger partial charge in [-0.2, -0.15) is 0 Å². The first-order valence-electron chi connectivity index (χ1n) is 7.79. The lowest BCUT2D eigenvalue weighted by atomic mass is 9.89. The van der Waals surface area contributed by atoms with Crippen molar-refractivity contribution < 1.29 is 19.5 Å². The van der Waals surface area contributed by atoms with Gasteiger partial charge < -0.3 is 14.7 Å². The standard InChI is InChI=1S/C18H20N2O4/c1-17(2,3)23-16(22)20-11-18(12-20)10-14(19-24-18)8-7-13-5-4-6-15(21)9-13/h4-6,9,21H,10-12H2,1-3H3. The lowest BCUT2D eigenvalue weighted by molar-refractivity contribution is -0.122. The number of phenolic OH excluding ortho intramolecular Hbond substituents is 1. The summed E-state index contributed by atoms with van der Waals surface area (Å²) in [6.07, 6.45) is 0.231. The summed E-state index contributed by atoms with van der Waals surface area (Å²) in [5, 5.41) is 13.4. The molecule has 2 aliphatic rings. The highest BCUT2D eigenvalue weighted by molar-refractivity contribution is 6.02. The summed E-state index contributed by atoms with van der Waals surface area (Å²) in [5.41, 5.74) is 0.370. The van der Waals surface area contributed by atoms with E-state index in [1.54, 1.807) is 23.1 Å². The number of amides is 1. The van der Waals surface area contributed by atoms with E-state index < -0.39 is 11.2 Å². The first kappa shape index (κ1) is 16.2. The van der Waals surface area contributed by atoms with E-state index in [2.05, 4.69) is 17.0 Å². The number of nitrogens with zero attached hydrogens (tertiary/aromatic N) is 2. The first-order valence-corrected chi connectivity index (χ1v) is 7.79. The first-order chi connectivity index (χ1) is 11.2. The molecule has 1 aromatic carbocycles. The molecule has 2 aliphatic heterocycles. The van der Waals surface area contributed by atoms with Gasteiger partial charge in [0.15, 0.2) is 5.60 Å². The van der Waals surface area contributed by atoms with Crippen molar-refractivity contribution in [2.24, 2.45) is 5.16 Å². The number of rotatable bonds is 0. The Morgan fingerprint density at radius 2 is 2.12 bits per heavy atom. The summed E-state index contributed by atoms with van der Waals surface area (Å²) in [4.78, 5) is 19.1. The van der Waals surface area contributed by atoms with E-state index in [1.165, 1.54) is 0 Å². The van der Waals surface area contributed by atoms with Crippen LogP contribution in [0.4, 0.5) is 4.79 Å². The minimum absolute atomic E-state index is 0.176. The summed E-state index contributed by atoms with van der Waals surface area (Å²) in [5.74, 6) is 6.09. The maximum Gasteiger partial charge on any atom is 0.410 e. The zero-order valence-electron chi connectivity index (χ0n) is 14.0. The van der Waals surface area contributed by atoms with Gasteiger partial charge in [-0.25, -0.2) is 4.79 Å². The molecular weight excluding hydrogens is 308 g/mol. The van der Waals surface area contributed by atoms with E-state index in [1.807, 2.05) is 26.8 Å². The van der Waals surface area contributed by atoms with Gasteiger partial charge >= 0.3 is 6.09 Å². The van der Waals surface area contributed by atoms with Gasteiger partial charge in [-0.3, -0.25) is 4.90 Å². The van der Waals surface area contributed by atoms with E-state index in [-0.39, 0.29) is 11.8 Å². The lowest BCUT2D eigenvalue weighted by Crippen LogP contribution is -2.64. The molecule has 1 fully saturated rings. The topological polar surface area (TPSA) is 71.4 Å². The molecule has 1 aromatic rings. The number of benzene rings is 1. The van der Waals surface area contributed by atoms with Gasteiger partial charge in [0.1, 0.15) is 17.1 Å². The van der Waals surface area contributed by atoms with Gasteiger partial charge in [0.05, 0.1) is 13.1 Å². The molecule has 0 atom stereocenters. The molecule has 0 radical (unpaired) electrons. The number of ether oxygens (including phenoxy) is 1. The predicted octanol–water partition coefficient (Wildman–Crippen LogP) is 2.51. The van der Waals surface area contributed by atoms with Crippen molar-refractivity contribution in [3.8, 4) is 17.6 Å². The smallest absolute Gasteiger partial charge is 0.410 e. The fraction of sp³-hybridized carbons (Fsp3) is 0.444. The van der Waals surface area contributed by atoms with Crippen LogP contribution in [-0.2, 0) is 9.57 Å². The molecule has 6 nitrogen and oxygen atoms in total. The van der Waals surface area contributed by atoms with Gasteiger partial charge in [0, 0.05) is 12.0 Å². The molecule has 2 heterocycles. The van der Waals surface area contributed by atoms with Crippen LogP contribution in [0, 0.1) is 11.8 Å². The quantitative estimate of drug-likeness (QED) is 0.743. The molecule has 1 saturated heterocycles. The third kappa shape index (κ3) is 3.62. The Morgan fingerprint density at radius 3 is 2.79 bits per heavy atom. The zero-order valence-corrected chi connectivity index (χ0v) is 14.0. The molecule has 0 aromatic heterocycles. The number of phenols is 1. The van der Waals surface area contributed by atoms with Crippen LogP contribution in [0.3, 0.4) is 0 Å². The Bertz CT molecular complexity index is 746. The Hall–Kier alpha value is -2.68. The minimum Gasteiger partial charge on any atom is -0.508 e. The summed E-state index contributed by atoms with van der Waals surface area (Å²) < 4.78 is 5.33. The van der Waals surface area contributed by atoms with Gasteiger partial charge in [-0.15, -0.1) is 0 Å². The van der Waals surface area contributed by atoms with Crippen LogP contribution in [0.1, 0.15) is 32.8 Å². The SMILES string of the molecule is CC(C)(C)OC(=O)N1CC2(CC(C#Cc3cccc(O)c3)=NO2)C1. The molecule has 1 N–H and O–H groups in total. The Morgan fingerprint density at radius 1 is 1.38 bits per heavy atom. The van der Waals surface area contributed by atoms with Crippen LogP contribution in [-0.4, -0.2) is 46.1 Å².